The summed E-state index contributed by atoms with van der Waals surface area (Å²) in [7, 11) is 0. The maximum Gasteiger partial charge on any atom is 0.0923 e. The van der Waals surface area contributed by atoms with Crippen LogP contribution in [0.5, 0.6) is 0 Å². The van der Waals surface area contributed by atoms with Crippen LogP contribution < -0.4 is 0 Å². The van der Waals surface area contributed by atoms with E-state index in [2.05, 4.69) is 43.0 Å². The summed E-state index contributed by atoms with van der Waals surface area (Å²) in [6.07, 6.45) is 5.08. The van der Waals surface area contributed by atoms with Crippen LogP contribution in [0.3, 0.4) is 0 Å². The van der Waals surface area contributed by atoms with Crippen LogP contribution in [0.4, 0.5) is 0 Å². The van der Waals surface area contributed by atoms with Crippen molar-refractivity contribution in [1.82, 2.24) is 5.01 Å². The van der Waals surface area contributed by atoms with Gasteiger partial charge in [0.05, 0.1) is 12.6 Å². The third-order valence-electron chi connectivity index (χ3n) is 2.95. The smallest absolute Gasteiger partial charge is 0.0923 e. The van der Waals surface area contributed by atoms with E-state index < -0.39 is 0 Å². The summed E-state index contributed by atoms with van der Waals surface area (Å²) in [5.74, 6) is 1.55. The van der Waals surface area contributed by atoms with Crippen molar-refractivity contribution in [3.05, 3.63) is 0 Å². The Kier molecular flexibility index (Phi) is 5.78. The second kappa shape index (κ2) is 6.87. The van der Waals surface area contributed by atoms with Crippen molar-refractivity contribution < 1.29 is 0 Å². The van der Waals surface area contributed by atoms with E-state index in [1.54, 1.807) is 0 Å². The lowest BCUT2D eigenvalue weighted by atomic mass is 10.0. The first-order chi connectivity index (χ1) is 7.58. The number of unbranched alkanes of at least 4 members (excludes halogenated alkanes) is 1. The van der Waals surface area contributed by atoms with Gasteiger partial charge in [0.15, 0.2) is 0 Å². The van der Waals surface area contributed by atoms with Crippen molar-refractivity contribution >= 4 is 0 Å². The van der Waals surface area contributed by atoms with Crippen LogP contribution in [0.15, 0.2) is 10.3 Å². The van der Waals surface area contributed by atoms with Gasteiger partial charge in [-0.2, -0.15) is 5.11 Å². The normalized spacial score (nSPS) is 20.4. The van der Waals surface area contributed by atoms with E-state index in [1.807, 2.05) is 0 Å². The Morgan fingerprint density at radius 2 is 1.88 bits per heavy atom. The van der Waals surface area contributed by atoms with Gasteiger partial charge in [-0.1, -0.05) is 45.8 Å². The Morgan fingerprint density at radius 3 is 2.50 bits per heavy atom. The van der Waals surface area contributed by atoms with E-state index >= 15 is 0 Å². The lowest BCUT2D eigenvalue weighted by Gasteiger charge is -2.14. The second-order valence-corrected chi connectivity index (χ2v) is 5.79. The molecule has 0 N–H and O–H groups in total. The third-order valence-corrected chi connectivity index (χ3v) is 2.95. The van der Waals surface area contributed by atoms with Crippen LogP contribution >= 0.6 is 0 Å². The zero-order chi connectivity index (χ0) is 12.0. The fraction of sp³-hybridized carbons (Fsp3) is 1.00. The molecule has 0 amide bonds. The standard InChI is InChI=1S/C13H27N3/c1-11(2)7-5-6-8-16-10-13(14-15-16)9-12(3)4/h11-13H,5-10H2,1-4H3. The molecule has 0 aromatic carbocycles. The monoisotopic (exact) mass is 225 g/mol. The first-order valence-corrected chi connectivity index (χ1v) is 6.73. The molecule has 94 valence electrons. The summed E-state index contributed by atoms with van der Waals surface area (Å²) < 4.78 is 0. The van der Waals surface area contributed by atoms with Gasteiger partial charge in [0.25, 0.3) is 0 Å². The average Bonchev–Trinajstić information content (AvgIpc) is 2.59. The average molecular weight is 225 g/mol. The number of nitrogens with zero attached hydrogens (tertiary/aromatic N) is 3. The highest BCUT2D eigenvalue weighted by molar-refractivity contribution is 4.74. The summed E-state index contributed by atoms with van der Waals surface area (Å²) in [5, 5.41) is 10.7. The summed E-state index contributed by atoms with van der Waals surface area (Å²) in [6, 6.07) is 0.449. The minimum atomic E-state index is 0.449. The first-order valence-electron chi connectivity index (χ1n) is 6.73. The molecule has 0 aliphatic carbocycles. The molecule has 1 aliphatic heterocycles. The zero-order valence-corrected chi connectivity index (χ0v) is 11.3. The van der Waals surface area contributed by atoms with Gasteiger partial charge in [-0.15, -0.1) is 0 Å². The molecule has 0 spiro atoms. The van der Waals surface area contributed by atoms with E-state index in [0.717, 1.165) is 24.9 Å². The van der Waals surface area contributed by atoms with Gasteiger partial charge in [-0.05, 0) is 24.7 Å². The van der Waals surface area contributed by atoms with Gasteiger partial charge in [-0.3, -0.25) is 5.01 Å². The third kappa shape index (κ3) is 5.47. The second-order valence-electron chi connectivity index (χ2n) is 5.79. The van der Waals surface area contributed by atoms with E-state index in [-0.39, 0.29) is 0 Å². The van der Waals surface area contributed by atoms with Crippen molar-refractivity contribution in [2.75, 3.05) is 13.1 Å². The predicted octanol–water partition coefficient (Wildman–Crippen LogP) is 3.91. The molecule has 0 fully saturated rings. The molecule has 3 nitrogen and oxygen atoms in total. The van der Waals surface area contributed by atoms with Crippen LogP contribution in [0.2, 0.25) is 0 Å². The summed E-state index contributed by atoms with van der Waals surface area (Å²) in [6.45, 7) is 11.2. The summed E-state index contributed by atoms with van der Waals surface area (Å²) in [4.78, 5) is 0. The maximum atomic E-state index is 4.32. The van der Waals surface area contributed by atoms with E-state index in [4.69, 9.17) is 0 Å². The molecular formula is C13H27N3. The van der Waals surface area contributed by atoms with Crippen LogP contribution in [0.25, 0.3) is 0 Å². The maximum absolute atomic E-state index is 4.32. The summed E-state index contributed by atoms with van der Waals surface area (Å²) >= 11 is 0. The van der Waals surface area contributed by atoms with Crippen LogP contribution in [0, 0.1) is 11.8 Å². The fourth-order valence-corrected chi connectivity index (χ4v) is 2.11. The summed E-state index contributed by atoms with van der Waals surface area (Å²) in [5.41, 5.74) is 0. The number of rotatable bonds is 7. The highest BCUT2D eigenvalue weighted by Crippen LogP contribution is 2.17. The lowest BCUT2D eigenvalue weighted by molar-refractivity contribution is 0.291. The van der Waals surface area contributed by atoms with Crippen LogP contribution in [0.1, 0.15) is 53.4 Å². The van der Waals surface area contributed by atoms with E-state index in [9.17, 15) is 0 Å². The highest BCUT2D eigenvalue weighted by atomic mass is 15.6. The van der Waals surface area contributed by atoms with Crippen molar-refractivity contribution in [3.63, 3.8) is 0 Å². The molecule has 1 aliphatic rings. The van der Waals surface area contributed by atoms with Crippen molar-refractivity contribution in [2.24, 2.45) is 22.2 Å². The lowest BCUT2D eigenvalue weighted by Crippen LogP contribution is -2.23. The number of hydrogen-bond acceptors (Lipinski definition) is 3. The van der Waals surface area contributed by atoms with Crippen LogP contribution in [-0.4, -0.2) is 24.1 Å². The minimum Gasteiger partial charge on any atom is -0.277 e. The van der Waals surface area contributed by atoms with Gasteiger partial charge in [0.2, 0.25) is 0 Å². The molecule has 0 bridgehead atoms. The molecule has 0 saturated heterocycles. The molecule has 1 unspecified atom stereocenters. The van der Waals surface area contributed by atoms with Gasteiger partial charge < -0.3 is 0 Å². The van der Waals surface area contributed by atoms with Crippen molar-refractivity contribution in [1.29, 1.82) is 0 Å². The molecule has 1 atom stereocenters. The Morgan fingerprint density at radius 1 is 1.12 bits per heavy atom. The first kappa shape index (κ1) is 13.5. The van der Waals surface area contributed by atoms with Crippen molar-refractivity contribution in [3.8, 4) is 0 Å². The zero-order valence-electron chi connectivity index (χ0n) is 11.3. The van der Waals surface area contributed by atoms with E-state index in [0.29, 0.717) is 6.04 Å². The van der Waals surface area contributed by atoms with Gasteiger partial charge in [0.1, 0.15) is 0 Å². The minimum absolute atomic E-state index is 0.449. The predicted molar refractivity (Wildman–Crippen MR) is 68.4 cm³/mol. The highest BCUT2D eigenvalue weighted by Gasteiger charge is 2.19. The van der Waals surface area contributed by atoms with Gasteiger partial charge in [-0.25, -0.2) is 0 Å². The molecule has 0 saturated carbocycles. The molecular weight excluding hydrogens is 198 g/mol. The Balaban J connectivity index is 2.06. The quantitative estimate of drug-likeness (QED) is 0.604. The topological polar surface area (TPSA) is 28.0 Å². The van der Waals surface area contributed by atoms with Gasteiger partial charge >= 0.3 is 0 Å². The molecule has 1 rings (SSSR count). The Bertz CT molecular complexity index is 211. The SMILES string of the molecule is CC(C)CCCCN1CC(CC(C)C)N=N1. The van der Waals surface area contributed by atoms with Gasteiger partial charge in [0, 0.05) is 6.54 Å². The number of hydrogen-bond donors (Lipinski definition) is 0. The van der Waals surface area contributed by atoms with E-state index in [1.165, 1.54) is 25.7 Å². The van der Waals surface area contributed by atoms with Crippen LogP contribution in [-0.2, 0) is 0 Å². The Hall–Kier alpha value is -0.600. The Labute approximate surface area is 100 Å². The molecule has 16 heavy (non-hydrogen) atoms. The molecule has 0 aromatic rings. The fourth-order valence-electron chi connectivity index (χ4n) is 2.11. The molecule has 0 radical (unpaired) electrons. The molecule has 3 heteroatoms. The largest absolute Gasteiger partial charge is 0.277 e. The van der Waals surface area contributed by atoms with Crippen molar-refractivity contribution in [2.45, 2.75) is 59.4 Å². The molecule has 0 aromatic heterocycles. The molecule has 1 heterocycles.